The van der Waals surface area contributed by atoms with E-state index in [-0.39, 0.29) is 21.5 Å². The molecule has 0 bridgehead atoms. The molecule has 0 fully saturated rings. The molecule has 0 spiro atoms. The van der Waals surface area contributed by atoms with Crippen molar-refractivity contribution in [2.24, 2.45) is 0 Å². The second-order valence-electron chi connectivity index (χ2n) is 7.49. The van der Waals surface area contributed by atoms with Crippen molar-refractivity contribution in [1.82, 2.24) is 4.72 Å². The fourth-order valence-corrected chi connectivity index (χ4v) is 6.41. The van der Waals surface area contributed by atoms with Crippen molar-refractivity contribution >= 4 is 52.7 Å². The molecule has 30 heavy (non-hydrogen) atoms. The molecule has 2 atom stereocenters. The Bertz CT molecular complexity index is 1130. The first-order chi connectivity index (χ1) is 13.7. The molecular formula is C18H16Br2F3NO4S2. The summed E-state index contributed by atoms with van der Waals surface area (Å²) in [6, 6.07) is 3.86. The van der Waals surface area contributed by atoms with E-state index in [0.29, 0.717) is 4.47 Å². The van der Waals surface area contributed by atoms with Crippen molar-refractivity contribution in [3.63, 3.8) is 0 Å². The number of hydrogen-bond donors (Lipinski definition) is 1. The van der Waals surface area contributed by atoms with E-state index in [1.54, 1.807) is 20.8 Å². The average molecular weight is 591 g/mol. The minimum Gasteiger partial charge on any atom is -0.456 e. The number of alkyl halides is 2. The van der Waals surface area contributed by atoms with E-state index < -0.39 is 47.6 Å². The highest BCUT2D eigenvalue weighted by Crippen LogP contribution is 2.54. The number of nitrogens with one attached hydrogen (secondary N) is 1. The van der Waals surface area contributed by atoms with E-state index >= 15 is 0 Å². The Morgan fingerprint density at radius 3 is 2.37 bits per heavy atom. The average Bonchev–Trinajstić information content (AvgIpc) is 2.73. The van der Waals surface area contributed by atoms with Crippen LogP contribution in [0.15, 0.2) is 44.2 Å². The Morgan fingerprint density at radius 2 is 1.80 bits per heavy atom. The van der Waals surface area contributed by atoms with Gasteiger partial charge in [0.15, 0.2) is 0 Å². The minimum absolute atomic E-state index is 0.00695. The van der Waals surface area contributed by atoms with Gasteiger partial charge in [-0.25, -0.2) is 21.7 Å². The molecule has 0 aliphatic carbocycles. The van der Waals surface area contributed by atoms with Gasteiger partial charge in [0.25, 0.3) is 0 Å². The predicted octanol–water partition coefficient (Wildman–Crippen LogP) is 5.62. The van der Waals surface area contributed by atoms with Gasteiger partial charge in [-0.05, 0) is 61.0 Å². The fourth-order valence-electron chi connectivity index (χ4n) is 2.73. The van der Waals surface area contributed by atoms with Gasteiger partial charge in [0, 0.05) is 16.1 Å². The van der Waals surface area contributed by atoms with Crippen molar-refractivity contribution in [1.29, 1.82) is 0 Å². The summed E-state index contributed by atoms with van der Waals surface area (Å²) in [5.74, 6) is -0.531. The lowest BCUT2D eigenvalue weighted by Gasteiger charge is -2.25. The van der Waals surface area contributed by atoms with Crippen LogP contribution in [0.5, 0.6) is 11.5 Å². The van der Waals surface area contributed by atoms with Crippen LogP contribution < -0.4 is 9.46 Å². The Hall–Kier alpha value is -0.950. The highest BCUT2D eigenvalue weighted by Gasteiger charge is 2.62. The zero-order valence-corrected chi connectivity index (χ0v) is 20.6. The molecule has 0 saturated heterocycles. The molecule has 164 valence electrons. The van der Waals surface area contributed by atoms with E-state index in [0.717, 1.165) is 12.1 Å². The van der Waals surface area contributed by atoms with Crippen molar-refractivity contribution in [2.45, 2.75) is 41.7 Å². The number of sulfone groups is 1. The predicted molar refractivity (Wildman–Crippen MR) is 114 cm³/mol. The minimum atomic E-state index is -5.03. The molecule has 0 aromatic heterocycles. The number of fused-ring (bicyclic) bond motifs is 1. The molecule has 0 amide bonds. The summed E-state index contributed by atoms with van der Waals surface area (Å²) in [4.78, 5) is -0.601. The fraction of sp³-hybridized carbons (Fsp3) is 0.333. The van der Waals surface area contributed by atoms with Crippen LogP contribution in [0.1, 0.15) is 32.4 Å². The molecule has 2 aromatic rings. The topological polar surface area (TPSA) is 72.5 Å². The zero-order valence-electron chi connectivity index (χ0n) is 15.8. The van der Waals surface area contributed by atoms with E-state index in [9.17, 15) is 25.8 Å². The van der Waals surface area contributed by atoms with Crippen molar-refractivity contribution in [3.8, 4) is 11.5 Å². The van der Waals surface area contributed by atoms with Gasteiger partial charge >= 0.3 is 5.25 Å². The molecular weight excluding hydrogens is 575 g/mol. The lowest BCUT2D eigenvalue weighted by Crippen LogP contribution is -2.43. The summed E-state index contributed by atoms with van der Waals surface area (Å²) in [5.41, 5.74) is -0.300. The smallest absolute Gasteiger partial charge is 0.369 e. The lowest BCUT2D eigenvalue weighted by atomic mass is 10.1. The second kappa shape index (κ2) is 7.88. The van der Waals surface area contributed by atoms with Crippen LogP contribution in [0, 0.1) is 5.82 Å². The molecule has 0 saturated carbocycles. The van der Waals surface area contributed by atoms with Gasteiger partial charge in [0.2, 0.25) is 9.84 Å². The third-order valence-corrected chi connectivity index (χ3v) is 8.95. The SMILES string of the molecule is CC(C)(C)S(=O)N[C@@H]1c2c(ccc(Oc3cc(F)cc(Br)c3)c2Br)S(=O)(=O)C1(F)F. The summed E-state index contributed by atoms with van der Waals surface area (Å²) in [6.07, 6.45) is 0. The van der Waals surface area contributed by atoms with E-state index in [1.807, 2.05) is 0 Å². The van der Waals surface area contributed by atoms with Gasteiger partial charge in [-0.15, -0.1) is 0 Å². The first kappa shape index (κ1) is 23.7. The summed E-state index contributed by atoms with van der Waals surface area (Å²) < 4.78 is 88.0. The summed E-state index contributed by atoms with van der Waals surface area (Å²) in [6.45, 7) is 4.69. The van der Waals surface area contributed by atoms with E-state index in [2.05, 4.69) is 36.6 Å². The molecule has 5 nitrogen and oxygen atoms in total. The maximum atomic E-state index is 14.9. The van der Waals surface area contributed by atoms with E-state index in [4.69, 9.17) is 4.74 Å². The van der Waals surface area contributed by atoms with Gasteiger partial charge in [-0.2, -0.15) is 8.78 Å². The van der Waals surface area contributed by atoms with Crippen LogP contribution in [0.2, 0.25) is 0 Å². The number of hydrogen-bond acceptors (Lipinski definition) is 4. The van der Waals surface area contributed by atoms with Gasteiger partial charge in [0.05, 0.1) is 25.1 Å². The van der Waals surface area contributed by atoms with Crippen molar-refractivity contribution in [2.75, 3.05) is 0 Å². The Kier molecular flexibility index (Phi) is 6.22. The Balaban J connectivity index is 2.12. The van der Waals surface area contributed by atoms with Gasteiger partial charge in [0.1, 0.15) is 23.4 Å². The normalized spacial score (nSPS) is 20.6. The summed E-state index contributed by atoms with van der Waals surface area (Å²) >= 11 is 6.27. The van der Waals surface area contributed by atoms with Gasteiger partial charge in [-0.3, -0.25) is 0 Å². The second-order valence-corrected chi connectivity index (χ2v) is 13.2. The van der Waals surface area contributed by atoms with Crippen LogP contribution >= 0.6 is 31.9 Å². The molecule has 1 unspecified atom stereocenters. The molecule has 3 rings (SSSR count). The highest BCUT2D eigenvalue weighted by molar-refractivity contribution is 9.10. The third kappa shape index (κ3) is 4.08. The van der Waals surface area contributed by atoms with Gasteiger partial charge < -0.3 is 4.74 Å². The lowest BCUT2D eigenvalue weighted by molar-refractivity contribution is 0.0621. The highest BCUT2D eigenvalue weighted by atomic mass is 79.9. The Morgan fingerprint density at radius 1 is 1.17 bits per heavy atom. The Labute approximate surface area is 191 Å². The molecule has 0 radical (unpaired) electrons. The number of benzene rings is 2. The number of rotatable bonds is 4. The summed E-state index contributed by atoms with van der Waals surface area (Å²) in [5, 5.41) is -4.24. The molecule has 1 aliphatic heterocycles. The van der Waals surface area contributed by atoms with Crippen LogP contribution in [0.4, 0.5) is 13.2 Å². The molecule has 1 aliphatic rings. The van der Waals surface area contributed by atoms with Crippen molar-refractivity contribution in [3.05, 3.63) is 50.7 Å². The van der Waals surface area contributed by atoms with Gasteiger partial charge in [-0.1, -0.05) is 15.9 Å². The first-order valence-electron chi connectivity index (χ1n) is 8.43. The standard InChI is InChI=1S/C18H16Br2F3NO4S2/c1-17(2,3)29(25)24-16-14-13(30(26,27)18(16,22)23)5-4-12(15(14)20)28-11-7-9(19)6-10(21)8-11/h4-8,16,24H,1-3H3/t16-,29?/m1/s1. The number of ether oxygens (including phenoxy) is 1. The molecule has 12 heteroatoms. The first-order valence-corrected chi connectivity index (χ1v) is 12.6. The van der Waals surface area contributed by atoms with Crippen LogP contribution in [0.3, 0.4) is 0 Å². The third-order valence-electron chi connectivity index (χ3n) is 4.22. The quantitative estimate of drug-likeness (QED) is 0.502. The van der Waals surface area contributed by atoms with Crippen molar-refractivity contribution < 1.29 is 30.5 Å². The summed E-state index contributed by atoms with van der Waals surface area (Å²) in [7, 11) is -7.02. The molecule has 1 N–H and O–H groups in total. The molecule has 1 heterocycles. The molecule has 2 aromatic carbocycles. The monoisotopic (exact) mass is 589 g/mol. The maximum Gasteiger partial charge on any atom is 0.369 e. The van der Waals surface area contributed by atoms with Crippen LogP contribution in [-0.2, 0) is 20.8 Å². The van der Waals surface area contributed by atoms with Crippen LogP contribution in [0.25, 0.3) is 0 Å². The largest absolute Gasteiger partial charge is 0.456 e. The zero-order chi connectivity index (χ0) is 22.6. The maximum absolute atomic E-state index is 14.9. The van der Waals surface area contributed by atoms with E-state index in [1.165, 1.54) is 18.2 Å². The van der Waals surface area contributed by atoms with Crippen LogP contribution in [-0.4, -0.2) is 22.6 Å². The number of halogens is 5.